The van der Waals surface area contributed by atoms with Gasteiger partial charge in [-0.3, -0.25) is 9.59 Å². The third kappa shape index (κ3) is 7.18. The minimum absolute atomic E-state index is 0.0290. The van der Waals surface area contributed by atoms with Crippen molar-refractivity contribution in [2.75, 3.05) is 26.7 Å². The summed E-state index contributed by atoms with van der Waals surface area (Å²) in [6, 6.07) is 19.4. The lowest BCUT2D eigenvalue weighted by atomic mass is 9.70. The van der Waals surface area contributed by atoms with E-state index in [-0.39, 0.29) is 17.2 Å². The second-order valence-corrected chi connectivity index (χ2v) is 13.3. The van der Waals surface area contributed by atoms with Gasteiger partial charge in [-0.1, -0.05) is 61.7 Å². The number of carbonyl (C=O) groups excluding carboxylic acids is 2. The fourth-order valence-electron chi connectivity index (χ4n) is 7.75. The van der Waals surface area contributed by atoms with Crippen molar-refractivity contribution in [1.82, 2.24) is 24.7 Å². The number of rotatable bonds is 9. The van der Waals surface area contributed by atoms with E-state index >= 15 is 0 Å². The molecule has 2 heterocycles. The normalized spacial score (nSPS) is 22.3. The number of benzene rings is 2. The lowest BCUT2D eigenvalue weighted by Gasteiger charge is -2.45. The largest absolute Gasteiger partial charge is 0.391 e. The van der Waals surface area contributed by atoms with Gasteiger partial charge in [0.2, 0.25) is 11.8 Å². The average molecular weight is 602 g/mol. The van der Waals surface area contributed by atoms with E-state index in [2.05, 4.69) is 83.4 Å². The Balaban J connectivity index is 1.30. The van der Waals surface area contributed by atoms with Gasteiger partial charge >= 0.3 is 0 Å². The fraction of sp³-hybridized carbons (Fsp3) is 0.583. The molecular formula is C36H51N5O3. The maximum absolute atomic E-state index is 13.3. The highest BCUT2D eigenvalue weighted by Crippen LogP contribution is 2.40. The molecule has 2 amide bonds. The van der Waals surface area contributed by atoms with Crippen LogP contribution in [0.4, 0.5) is 0 Å². The third-order valence-electron chi connectivity index (χ3n) is 10.3. The van der Waals surface area contributed by atoms with Gasteiger partial charge in [-0.25, -0.2) is 4.98 Å². The highest BCUT2D eigenvalue weighted by atomic mass is 16.3. The zero-order chi connectivity index (χ0) is 31.3. The third-order valence-corrected chi connectivity index (χ3v) is 10.3. The van der Waals surface area contributed by atoms with Gasteiger partial charge in [-0.2, -0.15) is 0 Å². The van der Waals surface area contributed by atoms with E-state index in [0.717, 1.165) is 43.6 Å². The number of hydrogen-bond donors (Lipinski definition) is 2. The number of fused-ring (bicyclic) bond motifs is 1. The molecule has 0 spiro atoms. The summed E-state index contributed by atoms with van der Waals surface area (Å²) in [6.07, 6.45) is 9.12. The number of nitrogens with zero attached hydrogens (tertiary/aromatic N) is 4. The molecule has 44 heavy (non-hydrogen) atoms. The monoisotopic (exact) mass is 601 g/mol. The number of imidazole rings is 1. The van der Waals surface area contributed by atoms with Crippen LogP contribution < -0.4 is 5.32 Å². The predicted octanol–water partition coefficient (Wildman–Crippen LogP) is 5.38. The molecule has 1 aliphatic carbocycles. The summed E-state index contributed by atoms with van der Waals surface area (Å²) in [5.74, 6) is 0.603. The number of aromatic nitrogens is 2. The summed E-state index contributed by atoms with van der Waals surface area (Å²) in [6.45, 7) is 7.30. The highest BCUT2D eigenvalue weighted by molar-refractivity contribution is 5.87. The van der Waals surface area contributed by atoms with Gasteiger partial charge in [0.15, 0.2) is 0 Å². The van der Waals surface area contributed by atoms with Crippen LogP contribution in [0.5, 0.6) is 0 Å². The van der Waals surface area contributed by atoms with Gasteiger partial charge in [0.25, 0.3) is 0 Å². The molecule has 1 saturated carbocycles. The molecule has 8 nitrogen and oxygen atoms in total. The zero-order valence-electron chi connectivity index (χ0n) is 27.0. The Kier molecular flexibility index (Phi) is 10.4. The minimum atomic E-state index is -0.947. The SMILES string of the molecule is CC(=O)N[C@H](C(=O)N1CCC(CCN(C)[C@@H]2CCCCC[C@@H](n3c(C)nc4ccccc43)C2)(c2ccccc2)CC1)C(C)O. The molecule has 8 heteroatoms. The van der Waals surface area contributed by atoms with Crippen molar-refractivity contribution in [3.63, 3.8) is 0 Å². The lowest BCUT2D eigenvalue weighted by Crippen LogP contribution is -2.56. The van der Waals surface area contributed by atoms with Crippen LogP contribution in [0.1, 0.15) is 89.1 Å². The molecule has 0 bridgehead atoms. The Hall–Kier alpha value is -3.23. The van der Waals surface area contributed by atoms with Crippen LogP contribution in [0, 0.1) is 6.92 Å². The quantitative estimate of drug-likeness (QED) is 0.344. The van der Waals surface area contributed by atoms with Crippen LogP contribution in [-0.4, -0.2) is 81.1 Å². The van der Waals surface area contributed by atoms with Gasteiger partial charge in [-0.15, -0.1) is 0 Å². The number of aliphatic hydroxyl groups is 1. The van der Waals surface area contributed by atoms with Gasteiger partial charge in [-0.05, 0) is 89.1 Å². The molecule has 0 radical (unpaired) electrons. The van der Waals surface area contributed by atoms with Crippen molar-refractivity contribution in [3.8, 4) is 0 Å². The van der Waals surface area contributed by atoms with Crippen LogP contribution in [0.15, 0.2) is 54.6 Å². The number of para-hydroxylation sites is 2. The first-order valence-electron chi connectivity index (χ1n) is 16.6. The first-order valence-corrected chi connectivity index (χ1v) is 16.6. The Morgan fingerprint density at radius 2 is 1.73 bits per heavy atom. The molecule has 4 atom stereocenters. The summed E-state index contributed by atoms with van der Waals surface area (Å²) in [7, 11) is 2.31. The number of hydrogen-bond acceptors (Lipinski definition) is 5. The van der Waals surface area contributed by atoms with Crippen LogP contribution >= 0.6 is 0 Å². The van der Waals surface area contributed by atoms with E-state index in [0.29, 0.717) is 25.2 Å². The molecule has 1 unspecified atom stereocenters. The second-order valence-electron chi connectivity index (χ2n) is 13.3. The molecule has 2 fully saturated rings. The molecule has 1 aliphatic heterocycles. The molecule has 3 aromatic rings. The van der Waals surface area contributed by atoms with E-state index in [9.17, 15) is 14.7 Å². The van der Waals surface area contributed by atoms with E-state index < -0.39 is 12.1 Å². The maximum Gasteiger partial charge on any atom is 0.247 e. The number of likely N-dealkylation sites (tertiary alicyclic amines) is 1. The molecule has 1 aromatic heterocycles. The smallest absolute Gasteiger partial charge is 0.247 e. The van der Waals surface area contributed by atoms with Crippen LogP contribution in [0.2, 0.25) is 0 Å². The summed E-state index contributed by atoms with van der Waals surface area (Å²) >= 11 is 0. The maximum atomic E-state index is 13.3. The van der Waals surface area contributed by atoms with Crippen LogP contribution in [-0.2, 0) is 15.0 Å². The molecule has 2 N–H and O–H groups in total. The molecule has 5 rings (SSSR count). The van der Waals surface area contributed by atoms with E-state index in [1.165, 1.54) is 50.1 Å². The second kappa shape index (κ2) is 14.2. The molecular weight excluding hydrogens is 550 g/mol. The van der Waals surface area contributed by atoms with Gasteiger partial charge in [0.05, 0.1) is 17.1 Å². The summed E-state index contributed by atoms with van der Waals surface area (Å²) in [4.78, 5) is 34.4. The first kappa shape index (κ1) is 32.2. The van der Waals surface area contributed by atoms with Crippen molar-refractivity contribution in [2.24, 2.45) is 0 Å². The van der Waals surface area contributed by atoms with Crippen LogP contribution in [0.3, 0.4) is 0 Å². The van der Waals surface area contributed by atoms with Crippen molar-refractivity contribution < 1.29 is 14.7 Å². The summed E-state index contributed by atoms with van der Waals surface area (Å²) in [5.41, 5.74) is 3.64. The fourth-order valence-corrected chi connectivity index (χ4v) is 7.75. The molecule has 238 valence electrons. The highest BCUT2D eigenvalue weighted by Gasteiger charge is 2.40. The first-order chi connectivity index (χ1) is 21.2. The average Bonchev–Trinajstić information content (AvgIpc) is 3.34. The lowest BCUT2D eigenvalue weighted by molar-refractivity contribution is -0.140. The number of aliphatic hydroxyl groups excluding tert-OH is 1. The molecule has 1 saturated heterocycles. The van der Waals surface area contributed by atoms with Gasteiger partial charge < -0.3 is 24.8 Å². The Labute approximate surface area is 262 Å². The van der Waals surface area contributed by atoms with Gasteiger partial charge in [0.1, 0.15) is 11.9 Å². The summed E-state index contributed by atoms with van der Waals surface area (Å²) in [5, 5.41) is 12.9. The van der Waals surface area contributed by atoms with Gasteiger partial charge in [0, 0.05) is 32.1 Å². The Morgan fingerprint density at radius 3 is 2.43 bits per heavy atom. The zero-order valence-corrected chi connectivity index (χ0v) is 27.0. The standard InChI is InChI=1S/C36H51N5O3/c1-26(42)34(38-28(3)43)35(44)40-23-20-36(21-24-40,29-13-7-5-8-14-29)19-22-39(4)30-15-9-6-10-16-31(25-30)41-27(2)37-32-17-11-12-18-33(32)41/h5,7-8,11-14,17-18,26,30-31,34,42H,6,9-10,15-16,19-25H2,1-4H3,(H,38,43)/t26?,30-,31-,34+/m1/s1. The van der Waals surface area contributed by atoms with Crippen molar-refractivity contribution >= 4 is 22.8 Å². The number of aryl methyl sites for hydroxylation is 1. The van der Waals surface area contributed by atoms with E-state index in [4.69, 9.17) is 4.98 Å². The Morgan fingerprint density at radius 1 is 1.05 bits per heavy atom. The summed E-state index contributed by atoms with van der Waals surface area (Å²) < 4.78 is 2.50. The number of amides is 2. The van der Waals surface area contributed by atoms with E-state index in [1.54, 1.807) is 6.92 Å². The van der Waals surface area contributed by atoms with Crippen LogP contribution in [0.25, 0.3) is 11.0 Å². The molecule has 2 aromatic carbocycles. The van der Waals surface area contributed by atoms with Crippen molar-refractivity contribution in [1.29, 1.82) is 0 Å². The van der Waals surface area contributed by atoms with Crippen molar-refractivity contribution in [3.05, 3.63) is 66.0 Å². The Bertz CT molecular complexity index is 1400. The number of piperidine rings is 1. The number of carbonyl (C=O) groups is 2. The van der Waals surface area contributed by atoms with E-state index in [1.807, 2.05) is 4.90 Å². The molecule has 2 aliphatic rings. The van der Waals surface area contributed by atoms with Crippen molar-refractivity contribution in [2.45, 2.75) is 108 Å². The minimum Gasteiger partial charge on any atom is -0.391 e. The predicted molar refractivity (Wildman–Crippen MR) is 175 cm³/mol. The topological polar surface area (TPSA) is 90.7 Å². The number of nitrogens with one attached hydrogen (secondary N) is 1.